The Morgan fingerprint density at radius 2 is 1.68 bits per heavy atom. The standard InChI is InChI=1S/C13H17N3O4S2/c1-9-13(10(2)16-15-9)22(19,20)14-8-11-4-6-12(7-5-11)21(3,17)18/h4-7,14H,8H2,1-3H3,(H,15,16). The molecule has 9 heteroatoms. The number of nitrogens with one attached hydrogen (secondary N) is 2. The van der Waals surface area contributed by atoms with Crippen molar-refractivity contribution in [2.45, 2.75) is 30.2 Å². The molecule has 120 valence electrons. The average Bonchev–Trinajstić information content (AvgIpc) is 2.76. The van der Waals surface area contributed by atoms with Crippen LogP contribution in [0.5, 0.6) is 0 Å². The minimum atomic E-state index is -3.68. The Balaban J connectivity index is 2.16. The summed E-state index contributed by atoms with van der Waals surface area (Å²) in [6.07, 6.45) is 1.12. The highest BCUT2D eigenvalue weighted by molar-refractivity contribution is 7.90. The normalized spacial score (nSPS) is 12.5. The largest absolute Gasteiger partial charge is 0.281 e. The average molecular weight is 343 g/mol. The Bertz CT molecular complexity index is 862. The molecule has 0 bridgehead atoms. The zero-order chi connectivity index (χ0) is 16.5. The lowest BCUT2D eigenvalue weighted by molar-refractivity contribution is 0.580. The van der Waals surface area contributed by atoms with Gasteiger partial charge >= 0.3 is 0 Å². The molecule has 0 spiro atoms. The molecule has 0 saturated carbocycles. The summed E-state index contributed by atoms with van der Waals surface area (Å²) in [5, 5.41) is 6.49. The third kappa shape index (κ3) is 3.54. The van der Waals surface area contributed by atoms with Crippen molar-refractivity contribution in [2.24, 2.45) is 0 Å². The van der Waals surface area contributed by atoms with E-state index in [2.05, 4.69) is 14.9 Å². The van der Waals surface area contributed by atoms with E-state index in [9.17, 15) is 16.8 Å². The lowest BCUT2D eigenvalue weighted by Gasteiger charge is -2.07. The molecular weight excluding hydrogens is 326 g/mol. The Morgan fingerprint density at radius 1 is 1.09 bits per heavy atom. The van der Waals surface area contributed by atoms with E-state index in [-0.39, 0.29) is 16.3 Å². The maximum absolute atomic E-state index is 12.3. The number of H-pyrrole nitrogens is 1. The van der Waals surface area contributed by atoms with Crippen LogP contribution in [-0.2, 0) is 26.4 Å². The molecule has 1 aromatic carbocycles. The van der Waals surface area contributed by atoms with Crippen LogP contribution in [0.2, 0.25) is 0 Å². The summed E-state index contributed by atoms with van der Waals surface area (Å²) >= 11 is 0. The number of hydrogen-bond donors (Lipinski definition) is 2. The fourth-order valence-corrected chi connectivity index (χ4v) is 4.06. The van der Waals surface area contributed by atoms with E-state index in [0.29, 0.717) is 17.0 Å². The summed E-state index contributed by atoms with van der Waals surface area (Å²) in [7, 11) is -6.94. The number of sulfonamides is 1. The summed E-state index contributed by atoms with van der Waals surface area (Å²) in [6.45, 7) is 3.31. The predicted octanol–water partition coefficient (Wildman–Crippen LogP) is 0.909. The molecule has 7 nitrogen and oxygen atoms in total. The van der Waals surface area contributed by atoms with Crippen molar-refractivity contribution >= 4 is 19.9 Å². The Kier molecular flexibility index (Phi) is 4.41. The van der Waals surface area contributed by atoms with Crippen molar-refractivity contribution in [3.05, 3.63) is 41.2 Å². The van der Waals surface area contributed by atoms with Gasteiger partial charge in [-0.25, -0.2) is 21.6 Å². The first-order valence-corrected chi connectivity index (χ1v) is 9.79. The van der Waals surface area contributed by atoms with Gasteiger partial charge < -0.3 is 0 Å². The number of rotatable bonds is 5. The number of nitrogens with zero attached hydrogens (tertiary/aromatic N) is 1. The van der Waals surface area contributed by atoms with Gasteiger partial charge in [0, 0.05) is 12.8 Å². The molecule has 0 fully saturated rings. The summed E-state index contributed by atoms with van der Waals surface area (Å²) in [5.74, 6) is 0. The van der Waals surface area contributed by atoms with Crippen LogP contribution in [0.25, 0.3) is 0 Å². The van der Waals surface area contributed by atoms with Crippen LogP contribution in [0.1, 0.15) is 17.0 Å². The van der Waals surface area contributed by atoms with Crippen molar-refractivity contribution in [1.82, 2.24) is 14.9 Å². The highest BCUT2D eigenvalue weighted by Gasteiger charge is 2.21. The van der Waals surface area contributed by atoms with Gasteiger partial charge in [0.05, 0.1) is 16.3 Å². The third-order valence-electron chi connectivity index (χ3n) is 3.15. The molecule has 2 N–H and O–H groups in total. The highest BCUT2D eigenvalue weighted by Crippen LogP contribution is 2.17. The molecule has 0 unspecified atom stereocenters. The number of sulfone groups is 1. The van der Waals surface area contributed by atoms with E-state index in [1.807, 2.05) is 0 Å². The third-order valence-corrected chi connectivity index (χ3v) is 5.94. The monoisotopic (exact) mass is 343 g/mol. The van der Waals surface area contributed by atoms with Crippen molar-refractivity contribution in [3.63, 3.8) is 0 Å². The number of aromatic nitrogens is 2. The van der Waals surface area contributed by atoms with Crippen molar-refractivity contribution in [1.29, 1.82) is 0 Å². The molecule has 0 amide bonds. The molecule has 1 heterocycles. The second-order valence-corrected chi connectivity index (χ2v) is 8.72. The van der Waals surface area contributed by atoms with E-state index >= 15 is 0 Å². The number of hydrogen-bond acceptors (Lipinski definition) is 5. The van der Waals surface area contributed by atoms with Crippen molar-refractivity contribution < 1.29 is 16.8 Å². The summed E-state index contributed by atoms with van der Waals surface area (Å²) in [5.41, 5.74) is 1.53. The van der Waals surface area contributed by atoms with Crippen LogP contribution in [0.4, 0.5) is 0 Å². The van der Waals surface area contributed by atoms with Gasteiger partial charge in [-0.2, -0.15) is 5.10 Å². The highest BCUT2D eigenvalue weighted by atomic mass is 32.2. The molecule has 0 aliphatic heterocycles. The molecule has 0 aliphatic carbocycles. The molecule has 1 aromatic heterocycles. The molecule has 0 radical (unpaired) electrons. The Hall–Kier alpha value is -1.71. The molecule has 0 saturated heterocycles. The van der Waals surface area contributed by atoms with E-state index in [1.54, 1.807) is 26.0 Å². The fraction of sp³-hybridized carbons (Fsp3) is 0.308. The maximum atomic E-state index is 12.3. The SMILES string of the molecule is Cc1n[nH]c(C)c1S(=O)(=O)NCc1ccc(S(C)(=O)=O)cc1. The lowest BCUT2D eigenvalue weighted by Crippen LogP contribution is -2.24. The summed E-state index contributed by atoms with van der Waals surface area (Å²) < 4.78 is 49.8. The van der Waals surface area contributed by atoms with Crippen LogP contribution in [-0.4, -0.2) is 33.3 Å². The topological polar surface area (TPSA) is 109 Å². The van der Waals surface area contributed by atoms with Gasteiger partial charge in [0.2, 0.25) is 10.0 Å². The minimum Gasteiger partial charge on any atom is -0.281 e. The molecule has 2 aromatic rings. The van der Waals surface area contributed by atoms with E-state index in [1.165, 1.54) is 12.1 Å². The summed E-state index contributed by atoms with van der Waals surface area (Å²) in [6, 6.07) is 6.06. The van der Waals surface area contributed by atoms with E-state index < -0.39 is 19.9 Å². The van der Waals surface area contributed by atoms with Gasteiger partial charge in [-0.15, -0.1) is 0 Å². The molecule has 0 aliphatic rings. The molecule has 22 heavy (non-hydrogen) atoms. The first kappa shape index (κ1) is 16.7. The second kappa shape index (κ2) is 5.82. The molecule has 2 rings (SSSR count). The first-order valence-electron chi connectivity index (χ1n) is 6.41. The van der Waals surface area contributed by atoms with Gasteiger partial charge in [0.1, 0.15) is 4.90 Å². The zero-order valence-electron chi connectivity index (χ0n) is 12.4. The number of benzene rings is 1. The van der Waals surface area contributed by atoms with E-state index in [4.69, 9.17) is 0 Å². The summed E-state index contributed by atoms with van der Waals surface area (Å²) in [4.78, 5) is 0.334. The molecular formula is C13H17N3O4S2. The van der Waals surface area contributed by atoms with Crippen LogP contribution in [0.3, 0.4) is 0 Å². The Morgan fingerprint density at radius 3 is 2.14 bits per heavy atom. The molecule has 0 atom stereocenters. The second-order valence-electron chi connectivity index (χ2n) is 5.00. The van der Waals surface area contributed by atoms with Crippen molar-refractivity contribution in [3.8, 4) is 0 Å². The van der Waals surface area contributed by atoms with E-state index in [0.717, 1.165) is 6.26 Å². The van der Waals surface area contributed by atoms with Crippen molar-refractivity contribution in [2.75, 3.05) is 6.26 Å². The lowest BCUT2D eigenvalue weighted by atomic mass is 10.2. The smallest absolute Gasteiger partial charge is 0.244 e. The van der Waals surface area contributed by atoms with Gasteiger partial charge in [0.15, 0.2) is 9.84 Å². The van der Waals surface area contributed by atoms with Crippen LogP contribution in [0, 0.1) is 13.8 Å². The zero-order valence-corrected chi connectivity index (χ0v) is 14.0. The van der Waals surface area contributed by atoms with Gasteiger partial charge in [0.25, 0.3) is 0 Å². The minimum absolute atomic E-state index is 0.0659. The van der Waals surface area contributed by atoms with Crippen LogP contribution >= 0.6 is 0 Å². The quantitative estimate of drug-likeness (QED) is 0.838. The predicted molar refractivity (Wildman–Crippen MR) is 81.6 cm³/mol. The Labute approximate surface area is 129 Å². The van der Waals surface area contributed by atoms with Gasteiger partial charge in [-0.1, -0.05) is 12.1 Å². The van der Waals surface area contributed by atoms with Crippen LogP contribution in [0.15, 0.2) is 34.1 Å². The number of aromatic amines is 1. The number of aryl methyl sites for hydroxylation is 2. The maximum Gasteiger partial charge on any atom is 0.244 e. The van der Waals surface area contributed by atoms with Gasteiger partial charge in [-0.05, 0) is 31.5 Å². The van der Waals surface area contributed by atoms with Crippen LogP contribution < -0.4 is 4.72 Å². The van der Waals surface area contributed by atoms with Gasteiger partial charge in [-0.3, -0.25) is 5.10 Å². The fourth-order valence-electron chi connectivity index (χ4n) is 2.04. The first-order chi connectivity index (χ1) is 10.1.